The van der Waals surface area contributed by atoms with Crippen molar-refractivity contribution < 1.29 is 14.0 Å². The van der Waals surface area contributed by atoms with Gasteiger partial charge in [0.2, 0.25) is 5.91 Å². The third-order valence-electron chi connectivity index (χ3n) is 4.60. The summed E-state index contributed by atoms with van der Waals surface area (Å²) in [7, 11) is 0. The summed E-state index contributed by atoms with van der Waals surface area (Å²) in [6, 6.07) is 11.4. The Balaban J connectivity index is 2.20. The first-order valence-electron chi connectivity index (χ1n) is 8.62. The molecule has 0 saturated carbocycles. The minimum Gasteiger partial charge on any atom is -0.369 e. The third-order valence-corrected chi connectivity index (χ3v) is 4.60. The Morgan fingerprint density at radius 3 is 2.33 bits per heavy atom. The molecule has 7 heteroatoms. The molecule has 27 heavy (non-hydrogen) atoms. The largest absolute Gasteiger partial charge is 0.369 e. The number of primary amides is 2. The molecule has 1 aromatic heterocycles. The molecular formula is C20H21FN4O2. The standard InChI is InChI=1S/C20H21FN4O2/c1-11(2)16(19(22)26)14-4-3-5-15-17(14)18(20(23)27)24-25(15)10-12-6-8-13(21)9-7-12/h3-9,11,16H,10H2,1-2H3,(H2,22,26)(H2,23,27)/t16-/m0/s1. The molecule has 3 rings (SSSR count). The van der Waals surface area contributed by atoms with E-state index < -0.39 is 17.7 Å². The lowest BCUT2D eigenvalue weighted by molar-refractivity contribution is -0.120. The minimum atomic E-state index is -0.683. The van der Waals surface area contributed by atoms with Gasteiger partial charge in [-0.2, -0.15) is 5.10 Å². The molecular weight excluding hydrogens is 347 g/mol. The Morgan fingerprint density at radius 1 is 1.11 bits per heavy atom. The molecule has 0 fully saturated rings. The van der Waals surface area contributed by atoms with Crippen molar-refractivity contribution in [2.75, 3.05) is 0 Å². The first kappa shape index (κ1) is 18.6. The van der Waals surface area contributed by atoms with E-state index in [0.29, 0.717) is 23.0 Å². The molecule has 0 unspecified atom stereocenters. The van der Waals surface area contributed by atoms with Crippen molar-refractivity contribution in [3.63, 3.8) is 0 Å². The molecule has 3 aromatic rings. The van der Waals surface area contributed by atoms with Crippen LogP contribution in [0.2, 0.25) is 0 Å². The first-order chi connectivity index (χ1) is 12.8. The molecule has 0 radical (unpaired) electrons. The van der Waals surface area contributed by atoms with Crippen molar-refractivity contribution in [3.05, 3.63) is 65.1 Å². The number of hydrogen-bond acceptors (Lipinski definition) is 3. The average Bonchev–Trinajstić information content (AvgIpc) is 2.96. The van der Waals surface area contributed by atoms with Crippen LogP contribution in [0.25, 0.3) is 10.9 Å². The molecule has 140 valence electrons. The number of aromatic nitrogens is 2. The summed E-state index contributed by atoms with van der Waals surface area (Å²) < 4.78 is 14.8. The van der Waals surface area contributed by atoms with E-state index in [-0.39, 0.29) is 17.4 Å². The zero-order valence-electron chi connectivity index (χ0n) is 15.1. The smallest absolute Gasteiger partial charge is 0.269 e. The molecule has 0 spiro atoms. The van der Waals surface area contributed by atoms with Crippen LogP contribution in [0.1, 0.15) is 41.4 Å². The quantitative estimate of drug-likeness (QED) is 0.698. The average molecular weight is 368 g/mol. The number of nitrogens with two attached hydrogens (primary N) is 2. The Bertz CT molecular complexity index is 1010. The maximum Gasteiger partial charge on any atom is 0.269 e. The highest BCUT2D eigenvalue weighted by atomic mass is 19.1. The Hall–Kier alpha value is -3.22. The highest BCUT2D eigenvalue weighted by molar-refractivity contribution is 6.06. The number of halogens is 1. The van der Waals surface area contributed by atoms with Crippen molar-refractivity contribution in [2.45, 2.75) is 26.3 Å². The van der Waals surface area contributed by atoms with Crippen LogP contribution in [0.4, 0.5) is 4.39 Å². The van der Waals surface area contributed by atoms with Crippen LogP contribution < -0.4 is 11.5 Å². The Kier molecular flexibility index (Phi) is 4.94. The van der Waals surface area contributed by atoms with Gasteiger partial charge in [0.1, 0.15) is 5.82 Å². The van der Waals surface area contributed by atoms with E-state index in [1.54, 1.807) is 35.0 Å². The van der Waals surface area contributed by atoms with Gasteiger partial charge >= 0.3 is 0 Å². The third kappa shape index (κ3) is 3.53. The van der Waals surface area contributed by atoms with Gasteiger partial charge in [0.25, 0.3) is 5.91 Å². The van der Waals surface area contributed by atoms with E-state index in [2.05, 4.69) is 5.10 Å². The van der Waals surface area contributed by atoms with Gasteiger partial charge in [-0.1, -0.05) is 38.1 Å². The molecule has 2 aromatic carbocycles. The van der Waals surface area contributed by atoms with Crippen molar-refractivity contribution >= 4 is 22.7 Å². The summed E-state index contributed by atoms with van der Waals surface area (Å²) in [5, 5.41) is 4.90. The number of carbonyl (C=O) groups is 2. The lowest BCUT2D eigenvalue weighted by Gasteiger charge is -2.19. The van der Waals surface area contributed by atoms with Gasteiger partial charge in [-0.15, -0.1) is 0 Å². The summed E-state index contributed by atoms with van der Waals surface area (Å²) >= 11 is 0. The zero-order chi connectivity index (χ0) is 19.7. The van der Waals surface area contributed by atoms with Crippen molar-refractivity contribution in [1.29, 1.82) is 0 Å². The monoisotopic (exact) mass is 368 g/mol. The van der Waals surface area contributed by atoms with Crippen molar-refractivity contribution in [3.8, 4) is 0 Å². The summed E-state index contributed by atoms with van der Waals surface area (Å²) in [6.07, 6.45) is 0. The van der Waals surface area contributed by atoms with E-state index >= 15 is 0 Å². The van der Waals surface area contributed by atoms with Crippen molar-refractivity contribution in [1.82, 2.24) is 9.78 Å². The molecule has 0 bridgehead atoms. The fourth-order valence-corrected chi connectivity index (χ4v) is 3.41. The summed E-state index contributed by atoms with van der Waals surface area (Å²) in [4.78, 5) is 24.1. The van der Waals surface area contributed by atoms with Gasteiger partial charge in [0, 0.05) is 5.39 Å². The molecule has 1 heterocycles. The summed E-state index contributed by atoms with van der Waals surface area (Å²) in [6.45, 7) is 4.11. The van der Waals surface area contributed by atoms with Crippen LogP contribution >= 0.6 is 0 Å². The number of rotatable bonds is 6. The maximum absolute atomic E-state index is 13.2. The van der Waals surface area contributed by atoms with Crippen LogP contribution in [-0.4, -0.2) is 21.6 Å². The van der Waals surface area contributed by atoms with E-state index in [4.69, 9.17) is 11.5 Å². The van der Waals surface area contributed by atoms with Gasteiger partial charge in [0.15, 0.2) is 5.69 Å². The highest BCUT2D eigenvalue weighted by Gasteiger charge is 2.27. The zero-order valence-corrected chi connectivity index (χ0v) is 15.1. The van der Waals surface area contributed by atoms with Gasteiger partial charge in [0.05, 0.1) is 18.0 Å². The van der Waals surface area contributed by atoms with Crippen LogP contribution in [0.15, 0.2) is 42.5 Å². The van der Waals surface area contributed by atoms with E-state index in [0.717, 1.165) is 5.56 Å². The second-order valence-corrected chi connectivity index (χ2v) is 6.86. The lowest BCUT2D eigenvalue weighted by Crippen LogP contribution is -2.26. The second kappa shape index (κ2) is 7.19. The molecule has 0 saturated heterocycles. The van der Waals surface area contributed by atoms with E-state index in [1.807, 2.05) is 13.8 Å². The minimum absolute atomic E-state index is 0.0609. The number of nitrogens with zero attached hydrogens (tertiary/aromatic N) is 2. The van der Waals surface area contributed by atoms with E-state index in [1.165, 1.54) is 12.1 Å². The lowest BCUT2D eigenvalue weighted by atomic mass is 9.85. The molecule has 0 aliphatic carbocycles. The molecule has 0 aliphatic heterocycles. The topological polar surface area (TPSA) is 104 Å². The normalized spacial score (nSPS) is 12.4. The van der Waals surface area contributed by atoms with Gasteiger partial charge in [-0.25, -0.2) is 4.39 Å². The van der Waals surface area contributed by atoms with Crippen LogP contribution in [0.5, 0.6) is 0 Å². The fourth-order valence-electron chi connectivity index (χ4n) is 3.41. The molecule has 0 aliphatic rings. The second-order valence-electron chi connectivity index (χ2n) is 6.86. The molecule has 1 atom stereocenters. The maximum atomic E-state index is 13.2. The fraction of sp³-hybridized carbons (Fsp3) is 0.250. The van der Waals surface area contributed by atoms with Crippen LogP contribution in [0.3, 0.4) is 0 Å². The number of fused-ring (bicyclic) bond motifs is 1. The van der Waals surface area contributed by atoms with Crippen molar-refractivity contribution in [2.24, 2.45) is 17.4 Å². The van der Waals surface area contributed by atoms with Gasteiger partial charge < -0.3 is 11.5 Å². The number of benzene rings is 2. The first-order valence-corrected chi connectivity index (χ1v) is 8.62. The Labute approximate surface area is 156 Å². The van der Waals surface area contributed by atoms with E-state index in [9.17, 15) is 14.0 Å². The predicted molar refractivity (Wildman–Crippen MR) is 101 cm³/mol. The summed E-state index contributed by atoms with van der Waals surface area (Å²) in [5.41, 5.74) is 13.4. The summed E-state index contributed by atoms with van der Waals surface area (Å²) in [5.74, 6) is -2.12. The van der Waals surface area contributed by atoms with Gasteiger partial charge in [-0.3, -0.25) is 14.3 Å². The van der Waals surface area contributed by atoms with Crippen LogP contribution in [0, 0.1) is 11.7 Å². The van der Waals surface area contributed by atoms with Crippen LogP contribution in [-0.2, 0) is 11.3 Å². The SMILES string of the molecule is CC(C)[C@H](C(N)=O)c1cccc2c1c(C(N)=O)nn2Cc1ccc(F)cc1. The molecule has 4 N–H and O–H groups in total. The number of hydrogen-bond donors (Lipinski definition) is 2. The van der Waals surface area contributed by atoms with Gasteiger partial charge in [-0.05, 0) is 35.2 Å². The molecule has 6 nitrogen and oxygen atoms in total. The Morgan fingerprint density at radius 2 is 1.78 bits per heavy atom. The molecule has 2 amide bonds. The highest BCUT2D eigenvalue weighted by Crippen LogP contribution is 2.33. The predicted octanol–water partition coefficient (Wildman–Crippen LogP) is 2.55. The number of carbonyl (C=O) groups excluding carboxylic acids is 2. The number of amides is 2.